The smallest absolute Gasteiger partial charge is 0.339 e. The molecule has 2 N–H and O–H groups in total. The number of ether oxygens (including phenoxy) is 1. The standard InChI is InChI=1S/C13H16N2O5S/c1-20-13(17)10-4-2-3-5-11(10)21(18,19)15-9-6-7-12(16)14-8-9/h2-5,9,15H,6-8H2,1H3,(H,14,16). The number of methoxy groups -OCH3 is 1. The Morgan fingerprint density at radius 3 is 2.71 bits per heavy atom. The lowest BCUT2D eigenvalue weighted by Crippen LogP contribution is -2.47. The zero-order valence-electron chi connectivity index (χ0n) is 11.5. The normalized spacial score (nSPS) is 18.9. The Bertz CT molecular complexity index is 646. The van der Waals surface area contributed by atoms with Gasteiger partial charge in [0.1, 0.15) is 0 Å². The van der Waals surface area contributed by atoms with Crippen LogP contribution in [0.3, 0.4) is 0 Å². The molecule has 1 unspecified atom stereocenters. The first-order chi connectivity index (χ1) is 9.94. The number of carbonyl (C=O) groups excluding carboxylic acids is 2. The third-order valence-electron chi connectivity index (χ3n) is 3.17. The van der Waals surface area contributed by atoms with Gasteiger partial charge in [0.2, 0.25) is 15.9 Å². The van der Waals surface area contributed by atoms with Crippen LogP contribution in [0.1, 0.15) is 23.2 Å². The summed E-state index contributed by atoms with van der Waals surface area (Å²) in [5.74, 6) is -0.812. The lowest BCUT2D eigenvalue weighted by Gasteiger charge is -2.23. The minimum atomic E-state index is -3.87. The first kappa shape index (κ1) is 15.5. The predicted octanol–water partition coefficient (Wildman–Crippen LogP) is 0.0301. The van der Waals surface area contributed by atoms with Gasteiger partial charge in [0.15, 0.2) is 0 Å². The van der Waals surface area contributed by atoms with Crippen LogP contribution in [0.5, 0.6) is 0 Å². The van der Waals surface area contributed by atoms with Gasteiger partial charge in [-0.15, -0.1) is 0 Å². The highest BCUT2D eigenvalue weighted by Crippen LogP contribution is 2.17. The third kappa shape index (κ3) is 3.59. The zero-order chi connectivity index (χ0) is 15.5. The molecule has 7 nitrogen and oxygen atoms in total. The summed E-state index contributed by atoms with van der Waals surface area (Å²) in [6, 6.07) is 5.44. The fourth-order valence-electron chi connectivity index (χ4n) is 2.10. The molecule has 1 aromatic carbocycles. The van der Waals surface area contributed by atoms with Crippen LogP contribution in [-0.2, 0) is 19.6 Å². The van der Waals surface area contributed by atoms with Gasteiger partial charge in [-0.3, -0.25) is 4.79 Å². The van der Waals surface area contributed by atoms with E-state index >= 15 is 0 Å². The number of nitrogens with one attached hydrogen (secondary N) is 2. The summed E-state index contributed by atoms with van der Waals surface area (Å²) in [7, 11) is -2.67. The molecule has 1 amide bonds. The van der Waals surface area contributed by atoms with Gasteiger partial charge in [-0.25, -0.2) is 17.9 Å². The average molecular weight is 312 g/mol. The van der Waals surface area contributed by atoms with Gasteiger partial charge in [0, 0.05) is 19.0 Å². The first-order valence-corrected chi connectivity index (χ1v) is 7.88. The average Bonchev–Trinajstić information content (AvgIpc) is 2.48. The molecule has 1 aromatic rings. The maximum atomic E-state index is 12.4. The van der Waals surface area contributed by atoms with Crippen LogP contribution in [0, 0.1) is 0 Å². The number of esters is 1. The second kappa shape index (κ2) is 6.23. The molecule has 114 valence electrons. The van der Waals surface area contributed by atoms with Gasteiger partial charge in [0.25, 0.3) is 0 Å². The SMILES string of the molecule is COC(=O)c1ccccc1S(=O)(=O)NC1CCC(=O)NC1. The van der Waals surface area contributed by atoms with Crippen molar-refractivity contribution in [1.29, 1.82) is 0 Å². The van der Waals surface area contributed by atoms with E-state index in [-0.39, 0.29) is 29.3 Å². The van der Waals surface area contributed by atoms with E-state index in [0.717, 1.165) is 0 Å². The van der Waals surface area contributed by atoms with Crippen molar-refractivity contribution in [2.45, 2.75) is 23.8 Å². The lowest BCUT2D eigenvalue weighted by molar-refractivity contribution is -0.122. The Morgan fingerprint density at radius 2 is 2.10 bits per heavy atom. The van der Waals surface area contributed by atoms with E-state index < -0.39 is 22.0 Å². The van der Waals surface area contributed by atoms with E-state index in [1.807, 2.05) is 0 Å². The molecule has 0 aromatic heterocycles. The van der Waals surface area contributed by atoms with E-state index in [1.54, 1.807) is 6.07 Å². The van der Waals surface area contributed by atoms with Gasteiger partial charge in [0.05, 0.1) is 17.6 Å². The van der Waals surface area contributed by atoms with Crippen LogP contribution in [0.4, 0.5) is 0 Å². The lowest BCUT2D eigenvalue weighted by atomic mass is 10.1. The molecule has 0 saturated carbocycles. The minimum Gasteiger partial charge on any atom is -0.465 e. The van der Waals surface area contributed by atoms with Gasteiger partial charge in [-0.05, 0) is 18.6 Å². The van der Waals surface area contributed by atoms with Gasteiger partial charge in [-0.2, -0.15) is 0 Å². The highest BCUT2D eigenvalue weighted by molar-refractivity contribution is 7.89. The summed E-state index contributed by atoms with van der Waals surface area (Å²) < 4.78 is 31.9. The second-order valence-corrected chi connectivity index (χ2v) is 6.33. The van der Waals surface area contributed by atoms with E-state index in [9.17, 15) is 18.0 Å². The van der Waals surface area contributed by atoms with Crippen LogP contribution in [0.25, 0.3) is 0 Å². The number of sulfonamides is 1. The number of hydrogen-bond acceptors (Lipinski definition) is 5. The number of hydrogen-bond donors (Lipinski definition) is 2. The highest BCUT2D eigenvalue weighted by atomic mass is 32.2. The van der Waals surface area contributed by atoms with Crippen LogP contribution in [0.15, 0.2) is 29.2 Å². The Labute approximate surface area is 122 Å². The second-order valence-electron chi connectivity index (χ2n) is 4.65. The Kier molecular flexibility index (Phi) is 4.59. The summed E-state index contributed by atoms with van der Waals surface area (Å²) in [5, 5.41) is 2.60. The third-order valence-corrected chi connectivity index (χ3v) is 4.75. The topological polar surface area (TPSA) is 102 Å². The van der Waals surface area contributed by atoms with E-state index in [1.165, 1.54) is 25.3 Å². The minimum absolute atomic E-state index is 0.0210. The molecular formula is C13H16N2O5S. The molecular weight excluding hydrogens is 296 g/mol. The van der Waals surface area contributed by atoms with Crippen molar-refractivity contribution in [2.75, 3.05) is 13.7 Å². The van der Waals surface area contributed by atoms with E-state index in [0.29, 0.717) is 6.42 Å². The molecule has 1 heterocycles. The number of amides is 1. The Morgan fingerprint density at radius 1 is 1.38 bits per heavy atom. The van der Waals surface area contributed by atoms with E-state index in [2.05, 4.69) is 14.8 Å². The monoisotopic (exact) mass is 312 g/mol. The molecule has 0 spiro atoms. The summed E-state index contributed by atoms with van der Waals surface area (Å²) in [6.07, 6.45) is 0.692. The van der Waals surface area contributed by atoms with Crippen LogP contribution < -0.4 is 10.0 Å². The molecule has 2 rings (SSSR count). The highest BCUT2D eigenvalue weighted by Gasteiger charge is 2.27. The van der Waals surface area contributed by atoms with Crippen LogP contribution >= 0.6 is 0 Å². The summed E-state index contributed by atoms with van der Waals surface area (Å²) >= 11 is 0. The molecule has 0 bridgehead atoms. The fourth-order valence-corrected chi connectivity index (χ4v) is 3.56. The van der Waals surface area contributed by atoms with Crippen molar-refractivity contribution < 1.29 is 22.7 Å². The first-order valence-electron chi connectivity index (χ1n) is 6.40. The Hall–Kier alpha value is -1.93. The summed E-state index contributed by atoms with van der Waals surface area (Å²) in [6.45, 7) is 0.235. The molecule has 8 heteroatoms. The summed E-state index contributed by atoms with van der Waals surface area (Å²) in [5.41, 5.74) is -0.0210. The van der Waals surface area contributed by atoms with Crippen LogP contribution in [-0.4, -0.2) is 40.0 Å². The van der Waals surface area contributed by atoms with Crippen molar-refractivity contribution in [2.24, 2.45) is 0 Å². The number of rotatable bonds is 4. The molecule has 1 atom stereocenters. The number of benzene rings is 1. The Balaban J connectivity index is 2.24. The van der Waals surface area contributed by atoms with E-state index in [4.69, 9.17) is 0 Å². The predicted molar refractivity (Wildman–Crippen MR) is 74.1 cm³/mol. The number of piperidine rings is 1. The quantitative estimate of drug-likeness (QED) is 0.764. The molecule has 21 heavy (non-hydrogen) atoms. The zero-order valence-corrected chi connectivity index (χ0v) is 12.3. The molecule has 0 radical (unpaired) electrons. The maximum absolute atomic E-state index is 12.4. The van der Waals surface area contributed by atoms with Gasteiger partial charge < -0.3 is 10.1 Å². The van der Waals surface area contributed by atoms with Gasteiger partial charge >= 0.3 is 5.97 Å². The van der Waals surface area contributed by atoms with Crippen molar-refractivity contribution in [3.8, 4) is 0 Å². The molecule has 1 aliphatic heterocycles. The fraction of sp³-hybridized carbons (Fsp3) is 0.385. The van der Waals surface area contributed by atoms with Crippen molar-refractivity contribution in [1.82, 2.24) is 10.0 Å². The summed E-state index contributed by atoms with van der Waals surface area (Å²) in [4.78, 5) is 22.6. The number of carbonyl (C=O) groups is 2. The molecule has 1 aliphatic rings. The largest absolute Gasteiger partial charge is 0.465 e. The molecule has 1 saturated heterocycles. The van der Waals surface area contributed by atoms with Crippen molar-refractivity contribution >= 4 is 21.9 Å². The molecule has 0 aliphatic carbocycles. The maximum Gasteiger partial charge on any atom is 0.339 e. The van der Waals surface area contributed by atoms with Crippen molar-refractivity contribution in [3.05, 3.63) is 29.8 Å². The van der Waals surface area contributed by atoms with Gasteiger partial charge in [-0.1, -0.05) is 12.1 Å². The van der Waals surface area contributed by atoms with Crippen LogP contribution in [0.2, 0.25) is 0 Å². The van der Waals surface area contributed by atoms with Crippen molar-refractivity contribution in [3.63, 3.8) is 0 Å². The molecule has 1 fully saturated rings.